The third kappa shape index (κ3) is 2.28. The van der Waals surface area contributed by atoms with Crippen LogP contribution < -0.4 is 10.6 Å². The summed E-state index contributed by atoms with van der Waals surface area (Å²) in [5.74, 6) is 0. The first-order valence-corrected chi connectivity index (χ1v) is 5.07. The maximum Gasteiger partial charge on any atom is 0.0738 e. The van der Waals surface area contributed by atoms with Crippen molar-refractivity contribution in [3.05, 3.63) is 48.5 Å². The van der Waals surface area contributed by atoms with Crippen LogP contribution in [0.15, 0.2) is 43.0 Å². The monoisotopic (exact) mass is 214 g/mol. The number of rotatable bonds is 3. The zero-order valence-electron chi connectivity index (χ0n) is 9.17. The third-order valence-electron chi connectivity index (χ3n) is 2.41. The molecule has 16 heavy (non-hydrogen) atoms. The molecule has 0 radical (unpaired) electrons. The lowest BCUT2D eigenvalue weighted by molar-refractivity contribution is 0.919. The molecule has 2 aromatic heterocycles. The average Bonchev–Trinajstić information content (AvgIpc) is 2.31. The van der Waals surface area contributed by atoms with Gasteiger partial charge in [-0.1, -0.05) is 0 Å². The summed E-state index contributed by atoms with van der Waals surface area (Å²) in [7, 11) is 2.01. The van der Waals surface area contributed by atoms with Crippen molar-refractivity contribution in [2.24, 2.45) is 0 Å². The summed E-state index contributed by atoms with van der Waals surface area (Å²) >= 11 is 0. The van der Waals surface area contributed by atoms with Gasteiger partial charge in [0.05, 0.1) is 17.6 Å². The fourth-order valence-electron chi connectivity index (χ4n) is 1.59. The molecule has 82 valence electrons. The van der Waals surface area contributed by atoms with Gasteiger partial charge in [-0.2, -0.15) is 0 Å². The lowest BCUT2D eigenvalue weighted by Crippen LogP contribution is -2.17. The second-order valence-electron chi connectivity index (χ2n) is 3.65. The quantitative estimate of drug-likeness (QED) is 0.844. The van der Waals surface area contributed by atoms with Crippen molar-refractivity contribution in [2.75, 3.05) is 17.7 Å². The SMILES string of the molecule is CN(Cc1ccncc1)c1ccncc1N. The molecule has 0 amide bonds. The van der Waals surface area contributed by atoms with Gasteiger partial charge >= 0.3 is 0 Å². The van der Waals surface area contributed by atoms with Gasteiger partial charge in [0.1, 0.15) is 0 Å². The second-order valence-corrected chi connectivity index (χ2v) is 3.65. The van der Waals surface area contributed by atoms with E-state index in [0.29, 0.717) is 5.69 Å². The van der Waals surface area contributed by atoms with Crippen molar-refractivity contribution in [1.29, 1.82) is 0 Å². The van der Waals surface area contributed by atoms with Crippen LogP contribution >= 0.6 is 0 Å². The first-order valence-electron chi connectivity index (χ1n) is 5.07. The van der Waals surface area contributed by atoms with Crippen LogP contribution in [-0.2, 0) is 6.54 Å². The number of hydrogen-bond donors (Lipinski definition) is 1. The minimum Gasteiger partial charge on any atom is -0.396 e. The van der Waals surface area contributed by atoms with E-state index in [4.69, 9.17) is 5.73 Å². The Hall–Kier alpha value is -2.10. The number of nitrogen functional groups attached to an aromatic ring is 1. The smallest absolute Gasteiger partial charge is 0.0738 e. The fourth-order valence-corrected chi connectivity index (χ4v) is 1.59. The summed E-state index contributed by atoms with van der Waals surface area (Å²) in [5, 5.41) is 0. The Morgan fingerprint density at radius 1 is 1.12 bits per heavy atom. The van der Waals surface area contributed by atoms with Crippen molar-refractivity contribution in [1.82, 2.24) is 9.97 Å². The number of nitrogens with two attached hydrogens (primary N) is 1. The molecule has 0 saturated heterocycles. The molecule has 2 heterocycles. The molecule has 0 unspecified atom stereocenters. The van der Waals surface area contributed by atoms with Crippen molar-refractivity contribution >= 4 is 11.4 Å². The van der Waals surface area contributed by atoms with Gasteiger partial charge in [-0.25, -0.2) is 0 Å². The summed E-state index contributed by atoms with van der Waals surface area (Å²) in [6, 6.07) is 5.90. The Kier molecular flexibility index (Phi) is 3.00. The van der Waals surface area contributed by atoms with E-state index in [1.807, 2.05) is 25.2 Å². The van der Waals surface area contributed by atoms with E-state index >= 15 is 0 Å². The van der Waals surface area contributed by atoms with Crippen molar-refractivity contribution < 1.29 is 0 Å². The van der Waals surface area contributed by atoms with Crippen LogP contribution in [0.4, 0.5) is 11.4 Å². The zero-order valence-corrected chi connectivity index (χ0v) is 9.17. The van der Waals surface area contributed by atoms with E-state index in [9.17, 15) is 0 Å². The highest BCUT2D eigenvalue weighted by atomic mass is 15.1. The van der Waals surface area contributed by atoms with Crippen molar-refractivity contribution in [3.63, 3.8) is 0 Å². The van der Waals surface area contributed by atoms with E-state index in [1.165, 1.54) is 5.56 Å². The van der Waals surface area contributed by atoms with E-state index < -0.39 is 0 Å². The van der Waals surface area contributed by atoms with Gasteiger partial charge < -0.3 is 10.6 Å². The molecule has 4 nitrogen and oxygen atoms in total. The lowest BCUT2D eigenvalue weighted by Gasteiger charge is -2.20. The number of hydrogen-bond acceptors (Lipinski definition) is 4. The highest BCUT2D eigenvalue weighted by Crippen LogP contribution is 2.21. The Bertz CT molecular complexity index is 456. The van der Waals surface area contributed by atoms with Crippen LogP contribution in [-0.4, -0.2) is 17.0 Å². The molecule has 0 aliphatic rings. The molecular weight excluding hydrogens is 200 g/mol. The van der Waals surface area contributed by atoms with E-state index in [2.05, 4.69) is 14.9 Å². The van der Waals surface area contributed by atoms with Gasteiger partial charge in [0.15, 0.2) is 0 Å². The molecule has 2 N–H and O–H groups in total. The lowest BCUT2D eigenvalue weighted by atomic mass is 10.2. The molecular formula is C12H14N4. The minimum atomic E-state index is 0.694. The zero-order chi connectivity index (χ0) is 11.4. The maximum absolute atomic E-state index is 5.86. The molecule has 2 rings (SSSR count). The molecule has 0 atom stereocenters. The topological polar surface area (TPSA) is 55.0 Å². The molecule has 4 heteroatoms. The first kappa shape index (κ1) is 10.4. The summed E-state index contributed by atoms with van der Waals surface area (Å²) in [6.45, 7) is 0.802. The van der Waals surface area contributed by atoms with Gasteiger partial charge in [-0.05, 0) is 23.8 Å². The molecule has 0 spiro atoms. The summed E-state index contributed by atoms with van der Waals surface area (Å²) in [6.07, 6.45) is 6.99. The van der Waals surface area contributed by atoms with Crippen molar-refractivity contribution in [2.45, 2.75) is 6.54 Å². The molecule has 0 fully saturated rings. The number of anilines is 2. The second kappa shape index (κ2) is 4.61. The van der Waals surface area contributed by atoms with Gasteiger partial charge in [-0.3, -0.25) is 9.97 Å². The van der Waals surface area contributed by atoms with E-state index in [0.717, 1.165) is 12.2 Å². The Labute approximate surface area is 94.8 Å². The fraction of sp³-hybridized carbons (Fsp3) is 0.167. The summed E-state index contributed by atoms with van der Waals surface area (Å²) in [4.78, 5) is 10.1. The van der Waals surface area contributed by atoms with Crippen molar-refractivity contribution in [3.8, 4) is 0 Å². The Balaban J connectivity index is 2.15. The van der Waals surface area contributed by atoms with Gasteiger partial charge in [-0.15, -0.1) is 0 Å². The minimum absolute atomic E-state index is 0.694. The summed E-state index contributed by atoms with van der Waals surface area (Å²) in [5.41, 5.74) is 8.75. The van der Waals surface area contributed by atoms with Crippen LogP contribution in [0.3, 0.4) is 0 Å². The molecule has 0 bridgehead atoms. The highest BCUT2D eigenvalue weighted by molar-refractivity contribution is 5.65. The van der Waals surface area contributed by atoms with Crippen LogP contribution in [0.1, 0.15) is 5.56 Å². The molecule has 0 aliphatic carbocycles. The van der Waals surface area contributed by atoms with E-state index in [1.54, 1.807) is 24.8 Å². The van der Waals surface area contributed by atoms with Gasteiger partial charge in [0.2, 0.25) is 0 Å². The van der Waals surface area contributed by atoms with Crippen LogP contribution in [0.5, 0.6) is 0 Å². The van der Waals surface area contributed by atoms with E-state index in [-0.39, 0.29) is 0 Å². The van der Waals surface area contributed by atoms with Gasteiger partial charge in [0, 0.05) is 32.2 Å². The number of nitrogens with zero attached hydrogens (tertiary/aromatic N) is 3. The number of aromatic nitrogens is 2. The molecule has 2 aromatic rings. The predicted octanol–water partition coefficient (Wildman–Crippen LogP) is 1.70. The molecule has 0 aromatic carbocycles. The standard InChI is InChI=1S/C12H14N4/c1-16(9-10-2-5-14-6-3-10)12-4-7-15-8-11(12)13/h2-8H,9,13H2,1H3. The highest BCUT2D eigenvalue weighted by Gasteiger charge is 2.05. The Morgan fingerprint density at radius 3 is 2.50 bits per heavy atom. The maximum atomic E-state index is 5.86. The summed E-state index contributed by atoms with van der Waals surface area (Å²) < 4.78 is 0. The average molecular weight is 214 g/mol. The third-order valence-corrected chi connectivity index (χ3v) is 2.41. The largest absolute Gasteiger partial charge is 0.396 e. The number of pyridine rings is 2. The first-order chi connectivity index (χ1) is 7.77. The predicted molar refractivity (Wildman–Crippen MR) is 65.0 cm³/mol. The van der Waals surface area contributed by atoms with Crippen LogP contribution in [0.25, 0.3) is 0 Å². The van der Waals surface area contributed by atoms with Gasteiger partial charge in [0.25, 0.3) is 0 Å². The Morgan fingerprint density at radius 2 is 1.81 bits per heavy atom. The molecule has 0 saturated carbocycles. The molecule has 0 aliphatic heterocycles. The van der Waals surface area contributed by atoms with Crippen LogP contribution in [0.2, 0.25) is 0 Å². The van der Waals surface area contributed by atoms with Crippen LogP contribution in [0, 0.1) is 0 Å². The normalized spacial score (nSPS) is 10.1.